The van der Waals surface area contributed by atoms with Crippen LogP contribution in [0.1, 0.15) is 43.5 Å². The van der Waals surface area contributed by atoms with Gasteiger partial charge in [-0.05, 0) is 28.8 Å². The minimum Gasteiger partial charge on any atom is -0.467 e. The molecule has 1 N–H and O–H groups in total. The van der Waals surface area contributed by atoms with E-state index in [4.69, 9.17) is 9.47 Å². The first-order chi connectivity index (χ1) is 10.6. The first-order valence-corrected chi connectivity index (χ1v) is 9.32. The van der Waals surface area contributed by atoms with Crippen molar-refractivity contribution in [2.24, 2.45) is 0 Å². The molecule has 1 unspecified atom stereocenters. The van der Waals surface area contributed by atoms with Gasteiger partial charge in [0.1, 0.15) is 21.8 Å². The smallest absolute Gasteiger partial charge is 0.331 e. The molecule has 2 fully saturated rings. The summed E-state index contributed by atoms with van der Waals surface area (Å²) in [5.74, 6) is -0.348. The molecule has 2 aliphatic rings. The number of hydrogen-bond acceptors (Lipinski definition) is 6. The van der Waals surface area contributed by atoms with E-state index in [0.29, 0.717) is 6.54 Å². The summed E-state index contributed by atoms with van der Waals surface area (Å²) < 4.78 is 11.6. The Morgan fingerprint density at radius 2 is 2.23 bits per heavy atom. The second-order valence-electron chi connectivity index (χ2n) is 6.21. The molecule has 3 rings (SSSR count). The maximum absolute atomic E-state index is 11.5. The molecular formula is C15H21BrN2O3S. The van der Waals surface area contributed by atoms with E-state index in [9.17, 15) is 4.79 Å². The van der Waals surface area contributed by atoms with Crippen molar-refractivity contribution in [3.63, 3.8) is 0 Å². The minimum absolute atomic E-state index is 0.0363. The average molecular weight is 389 g/mol. The summed E-state index contributed by atoms with van der Waals surface area (Å²) in [6.07, 6.45) is 7.02. The molecule has 0 bridgehead atoms. The van der Waals surface area contributed by atoms with E-state index in [1.807, 2.05) is 5.38 Å². The van der Waals surface area contributed by atoms with Crippen LogP contribution in [-0.2, 0) is 19.9 Å². The molecule has 0 aromatic carbocycles. The van der Waals surface area contributed by atoms with E-state index in [1.54, 1.807) is 11.3 Å². The second kappa shape index (κ2) is 6.55. The Hall–Kier alpha value is -0.500. The maximum atomic E-state index is 11.5. The highest BCUT2D eigenvalue weighted by Crippen LogP contribution is 2.46. The summed E-state index contributed by atoms with van der Waals surface area (Å²) in [4.78, 5) is 16.1. The number of hydrogen-bond donors (Lipinski definition) is 1. The molecule has 1 aromatic heterocycles. The minimum atomic E-state index is -0.526. The first-order valence-electron chi connectivity index (χ1n) is 7.65. The summed E-state index contributed by atoms with van der Waals surface area (Å²) in [5, 5.41) is 6.58. The highest BCUT2D eigenvalue weighted by atomic mass is 79.9. The van der Waals surface area contributed by atoms with Crippen molar-refractivity contribution in [1.29, 1.82) is 0 Å². The van der Waals surface area contributed by atoms with Gasteiger partial charge in [-0.1, -0.05) is 19.3 Å². The van der Waals surface area contributed by atoms with E-state index in [1.165, 1.54) is 39.2 Å². The molecule has 5 nitrogen and oxygen atoms in total. The quantitative estimate of drug-likeness (QED) is 0.803. The topological polar surface area (TPSA) is 60.5 Å². The van der Waals surface area contributed by atoms with Crippen molar-refractivity contribution in [1.82, 2.24) is 10.3 Å². The largest absolute Gasteiger partial charge is 0.467 e. The van der Waals surface area contributed by atoms with Crippen molar-refractivity contribution < 1.29 is 14.3 Å². The molecular weight excluding hydrogens is 368 g/mol. The van der Waals surface area contributed by atoms with Gasteiger partial charge < -0.3 is 14.8 Å². The molecule has 1 saturated heterocycles. The van der Waals surface area contributed by atoms with Gasteiger partial charge in [0, 0.05) is 23.9 Å². The molecule has 1 aliphatic carbocycles. The van der Waals surface area contributed by atoms with Crippen molar-refractivity contribution in [3.05, 3.63) is 15.0 Å². The molecule has 1 atom stereocenters. The lowest BCUT2D eigenvalue weighted by Crippen LogP contribution is -2.41. The SMILES string of the molecule is COC(=O)COC1(c2nc(Br)cs2)CNC2(CCCCC2)C1. The van der Waals surface area contributed by atoms with Crippen LogP contribution < -0.4 is 5.32 Å². The predicted molar refractivity (Wildman–Crippen MR) is 87.9 cm³/mol. The van der Waals surface area contributed by atoms with Crippen molar-refractivity contribution in [3.8, 4) is 0 Å². The third kappa shape index (κ3) is 3.22. The van der Waals surface area contributed by atoms with Gasteiger partial charge >= 0.3 is 5.97 Å². The van der Waals surface area contributed by atoms with Gasteiger partial charge in [-0.3, -0.25) is 0 Å². The maximum Gasteiger partial charge on any atom is 0.331 e. The Morgan fingerprint density at radius 1 is 1.45 bits per heavy atom. The predicted octanol–water partition coefficient (Wildman–Crippen LogP) is 2.99. The monoisotopic (exact) mass is 388 g/mol. The number of carbonyl (C=O) groups excluding carboxylic acids is 1. The van der Waals surface area contributed by atoms with Crippen LogP contribution in [0, 0.1) is 0 Å². The zero-order valence-corrected chi connectivity index (χ0v) is 15.1. The number of halogens is 1. The second-order valence-corrected chi connectivity index (χ2v) is 7.88. The third-order valence-electron chi connectivity index (χ3n) is 4.74. The summed E-state index contributed by atoms with van der Waals surface area (Å²) in [6.45, 7) is 0.662. The molecule has 0 radical (unpaired) electrons. The summed E-state index contributed by atoms with van der Waals surface area (Å²) >= 11 is 4.99. The van der Waals surface area contributed by atoms with E-state index in [0.717, 1.165) is 16.0 Å². The number of esters is 1. The average Bonchev–Trinajstić information content (AvgIpc) is 3.11. The van der Waals surface area contributed by atoms with E-state index in [-0.39, 0.29) is 18.1 Å². The first kappa shape index (κ1) is 16.4. The number of nitrogens with one attached hydrogen (secondary N) is 1. The van der Waals surface area contributed by atoms with Crippen LogP contribution in [0.5, 0.6) is 0 Å². The van der Waals surface area contributed by atoms with Gasteiger partial charge in [-0.25, -0.2) is 9.78 Å². The van der Waals surface area contributed by atoms with Crippen LogP contribution in [0.15, 0.2) is 9.98 Å². The highest BCUT2D eigenvalue weighted by molar-refractivity contribution is 9.10. The number of methoxy groups -OCH3 is 1. The van der Waals surface area contributed by atoms with Gasteiger partial charge in [0.2, 0.25) is 0 Å². The Morgan fingerprint density at radius 3 is 2.86 bits per heavy atom. The van der Waals surface area contributed by atoms with Crippen molar-refractivity contribution in [2.75, 3.05) is 20.3 Å². The Labute approximate surface area is 142 Å². The van der Waals surface area contributed by atoms with Crippen molar-refractivity contribution >= 4 is 33.2 Å². The van der Waals surface area contributed by atoms with Gasteiger partial charge in [0.15, 0.2) is 0 Å². The lowest BCUT2D eigenvalue weighted by molar-refractivity contribution is -0.153. The fraction of sp³-hybridized carbons (Fsp3) is 0.733. The molecule has 1 spiro atoms. The van der Waals surface area contributed by atoms with Crippen LogP contribution in [0.4, 0.5) is 0 Å². The number of rotatable bonds is 4. The molecule has 0 amide bonds. The number of aromatic nitrogens is 1. The summed E-state index contributed by atoms with van der Waals surface area (Å²) in [7, 11) is 1.38. The number of thiazole rings is 1. The normalized spacial score (nSPS) is 27.2. The highest BCUT2D eigenvalue weighted by Gasteiger charge is 2.51. The number of nitrogens with zero attached hydrogens (tertiary/aromatic N) is 1. The fourth-order valence-electron chi connectivity index (χ4n) is 3.62. The van der Waals surface area contributed by atoms with E-state index < -0.39 is 5.60 Å². The number of carbonyl (C=O) groups is 1. The summed E-state index contributed by atoms with van der Waals surface area (Å²) in [5.41, 5.74) is -0.394. The number of ether oxygens (including phenoxy) is 2. The Bertz CT molecular complexity index is 545. The fourth-order valence-corrected chi connectivity index (χ4v) is 5.02. The van der Waals surface area contributed by atoms with E-state index in [2.05, 4.69) is 26.2 Å². The van der Waals surface area contributed by atoms with Gasteiger partial charge in [-0.2, -0.15) is 0 Å². The lowest BCUT2D eigenvalue weighted by Gasteiger charge is -2.35. The molecule has 22 heavy (non-hydrogen) atoms. The molecule has 1 saturated carbocycles. The Balaban J connectivity index is 1.82. The molecule has 122 valence electrons. The van der Waals surface area contributed by atoms with Crippen molar-refractivity contribution in [2.45, 2.75) is 49.7 Å². The van der Waals surface area contributed by atoms with Gasteiger partial charge in [0.25, 0.3) is 0 Å². The van der Waals surface area contributed by atoms with E-state index >= 15 is 0 Å². The van der Waals surface area contributed by atoms with Crippen LogP contribution in [0.25, 0.3) is 0 Å². The van der Waals surface area contributed by atoms with Gasteiger partial charge in [0.05, 0.1) is 7.11 Å². The molecule has 1 aromatic rings. The van der Waals surface area contributed by atoms with Crippen LogP contribution in [0.2, 0.25) is 0 Å². The molecule has 1 aliphatic heterocycles. The van der Waals surface area contributed by atoms with Crippen LogP contribution in [0.3, 0.4) is 0 Å². The Kier molecular flexibility index (Phi) is 4.87. The lowest BCUT2D eigenvalue weighted by atomic mass is 9.78. The zero-order valence-electron chi connectivity index (χ0n) is 12.7. The van der Waals surface area contributed by atoms with Crippen LogP contribution >= 0.6 is 27.3 Å². The zero-order chi connectivity index (χ0) is 15.6. The molecule has 2 heterocycles. The molecule has 7 heteroatoms. The summed E-state index contributed by atoms with van der Waals surface area (Å²) in [6, 6.07) is 0. The van der Waals surface area contributed by atoms with Crippen LogP contribution in [-0.4, -0.2) is 36.8 Å². The third-order valence-corrected chi connectivity index (χ3v) is 6.48. The van der Waals surface area contributed by atoms with Gasteiger partial charge in [-0.15, -0.1) is 11.3 Å². The standard InChI is InChI=1S/C15H21BrN2O3S/c1-20-12(19)7-21-15(13-18-11(16)8-22-13)9-14(17-10-15)5-3-2-4-6-14/h8,17H,2-7,9-10H2,1H3.